The fraction of sp³-hybridized carbons (Fsp3) is 0.773. The maximum Gasteiger partial charge on any atom is 0.200 e. The van der Waals surface area contributed by atoms with Crippen LogP contribution in [0.2, 0.25) is 16.6 Å². The third-order valence-electron chi connectivity index (χ3n) is 7.07. The summed E-state index contributed by atoms with van der Waals surface area (Å²) in [6.07, 6.45) is -0.0817. The Morgan fingerprint density at radius 1 is 1.09 bits per heavy atom. The molecule has 2 aliphatic rings. The minimum Gasteiger partial charge on any atom is -0.413 e. The predicted octanol–water partition coefficient (Wildman–Crippen LogP) is 4.31. The van der Waals surface area contributed by atoms with E-state index in [2.05, 4.69) is 69.2 Å². The van der Waals surface area contributed by atoms with Crippen LogP contribution >= 0.6 is 12.6 Å². The SMILES string of the molecule is CC(C)[Si](OC[C@H]1O[C@@H](n2nc(S)c3c(N)ncnc32)[C@@H]2OC(C)(C)O[C@@H]21)(C(C)C)C(C)C. The second-order valence-corrected chi connectivity index (χ2v) is 16.4. The minimum atomic E-state index is -2.07. The molecule has 0 aromatic carbocycles. The van der Waals surface area contributed by atoms with Gasteiger partial charge in [-0.15, -0.1) is 12.6 Å². The Kier molecular flexibility index (Phi) is 6.60. The number of ether oxygens (including phenoxy) is 3. The quantitative estimate of drug-likeness (QED) is 0.432. The van der Waals surface area contributed by atoms with Crippen LogP contribution in [0.25, 0.3) is 11.0 Å². The monoisotopic (exact) mass is 495 g/mol. The van der Waals surface area contributed by atoms with Crippen LogP contribution in [0, 0.1) is 0 Å². The van der Waals surface area contributed by atoms with Gasteiger partial charge in [-0.25, -0.2) is 14.6 Å². The number of nitrogens with zero attached hydrogens (tertiary/aromatic N) is 4. The van der Waals surface area contributed by atoms with Crippen molar-refractivity contribution in [3.05, 3.63) is 6.33 Å². The number of nitrogen functional groups attached to an aromatic ring is 1. The number of thiol groups is 1. The summed E-state index contributed by atoms with van der Waals surface area (Å²) in [5, 5.41) is 5.63. The molecule has 0 saturated carbocycles. The summed E-state index contributed by atoms with van der Waals surface area (Å²) in [6, 6.07) is 0. The molecule has 4 atom stereocenters. The van der Waals surface area contributed by atoms with Gasteiger partial charge in [0.1, 0.15) is 35.5 Å². The normalized spacial score (nSPS) is 27.4. The lowest BCUT2D eigenvalue weighted by atomic mass is 10.1. The molecule has 9 nitrogen and oxygen atoms in total. The van der Waals surface area contributed by atoms with Crippen LogP contribution in [0.1, 0.15) is 61.6 Å². The number of hydrogen-bond acceptors (Lipinski definition) is 9. The second kappa shape index (κ2) is 8.76. The van der Waals surface area contributed by atoms with Gasteiger partial charge < -0.3 is 24.4 Å². The molecule has 2 N–H and O–H groups in total. The largest absolute Gasteiger partial charge is 0.413 e. The molecular formula is C22H37N5O4SSi. The number of fused-ring (bicyclic) bond motifs is 2. The summed E-state index contributed by atoms with van der Waals surface area (Å²) in [5.74, 6) is -0.407. The summed E-state index contributed by atoms with van der Waals surface area (Å²) < 4.78 is 27.6. The standard InChI is InChI=1S/C22H37N5O4SSi/c1-11(2)33(12(3)4,13(5)6)28-9-14-16-17(31-22(7,8)30-16)21(29-14)27-19-15(20(32)26-27)18(23)24-10-25-19/h10-14,16-17,21H,9H2,1-8H3,(H,26,32)(H2,23,24,25)/t14-,16-,17-,21-/m1/s1. The van der Waals surface area contributed by atoms with E-state index < -0.39 is 20.3 Å². The van der Waals surface area contributed by atoms with Crippen LogP contribution in [0.4, 0.5) is 5.82 Å². The van der Waals surface area contributed by atoms with Crippen LogP contribution in [0.5, 0.6) is 0 Å². The summed E-state index contributed by atoms with van der Waals surface area (Å²) in [4.78, 5) is 8.47. The highest BCUT2D eigenvalue weighted by Crippen LogP contribution is 2.46. The zero-order valence-corrected chi connectivity index (χ0v) is 22.7. The maximum absolute atomic E-state index is 6.86. The molecule has 11 heteroatoms. The van der Waals surface area contributed by atoms with E-state index in [1.165, 1.54) is 6.33 Å². The number of hydrogen-bond donors (Lipinski definition) is 2. The first-order chi connectivity index (χ1) is 15.4. The van der Waals surface area contributed by atoms with Crippen LogP contribution in [-0.4, -0.2) is 58.8 Å². The van der Waals surface area contributed by atoms with Gasteiger partial charge in [0, 0.05) is 0 Å². The lowest BCUT2D eigenvalue weighted by molar-refractivity contribution is -0.200. The molecule has 0 bridgehead atoms. The van der Waals surface area contributed by atoms with Crippen molar-refractivity contribution in [1.82, 2.24) is 19.7 Å². The van der Waals surface area contributed by atoms with Gasteiger partial charge in [0.25, 0.3) is 0 Å². The molecule has 184 valence electrons. The summed E-state index contributed by atoms with van der Waals surface area (Å²) >= 11 is 4.49. The lowest BCUT2D eigenvalue weighted by Gasteiger charge is -2.43. The van der Waals surface area contributed by atoms with Crippen molar-refractivity contribution < 1.29 is 18.6 Å². The van der Waals surface area contributed by atoms with Crippen molar-refractivity contribution in [2.24, 2.45) is 0 Å². The molecule has 0 aliphatic carbocycles. The van der Waals surface area contributed by atoms with E-state index >= 15 is 0 Å². The Morgan fingerprint density at radius 2 is 1.70 bits per heavy atom. The molecule has 0 radical (unpaired) electrons. The highest BCUT2D eigenvalue weighted by molar-refractivity contribution is 7.80. The Bertz CT molecular complexity index is 992. The van der Waals surface area contributed by atoms with Crippen LogP contribution in [-0.2, 0) is 18.6 Å². The van der Waals surface area contributed by atoms with E-state index in [4.69, 9.17) is 24.4 Å². The highest BCUT2D eigenvalue weighted by atomic mass is 32.1. The Labute approximate surface area is 202 Å². The van der Waals surface area contributed by atoms with Crippen LogP contribution in [0.15, 0.2) is 11.4 Å². The zero-order valence-electron chi connectivity index (χ0n) is 20.8. The first-order valence-electron chi connectivity index (χ1n) is 11.7. The summed E-state index contributed by atoms with van der Waals surface area (Å²) in [7, 11) is -2.07. The smallest absolute Gasteiger partial charge is 0.200 e. The molecule has 2 saturated heterocycles. The van der Waals surface area contributed by atoms with Crippen LogP contribution in [0.3, 0.4) is 0 Å². The Morgan fingerprint density at radius 3 is 2.30 bits per heavy atom. The second-order valence-electron chi connectivity index (χ2n) is 10.5. The third kappa shape index (κ3) is 4.10. The molecule has 0 unspecified atom stereocenters. The lowest BCUT2D eigenvalue weighted by Crippen LogP contribution is -2.50. The molecular weight excluding hydrogens is 458 g/mol. The van der Waals surface area contributed by atoms with Crippen LogP contribution < -0.4 is 5.73 Å². The van der Waals surface area contributed by atoms with Crippen molar-refractivity contribution in [3.63, 3.8) is 0 Å². The van der Waals surface area contributed by atoms with Gasteiger partial charge in [0.15, 0.2) is 26.0 Å². The summed E-state index contributed by atoms with van der Waals surface area (Å²) in [6.45, 7) is 17.9. The van der Waals surface area contributed by atoms with Crippen molar-refractivity contribution in [1.29, 1.82) is 0 Å². The van der Waals surface area contributed by atoms with Gasteiger partial charge in [-0.1, -0.05) is 41.5 Å². The van der Waals surface area contributed by atoms with E-state index in [1.54, 1.807) is 4.68 Å². The summed E-state index contributed by atoms with van der Waals surface area (Å²) in [5.41, 5.74) is 8.05. The number of anilines is 1. The first kappa shape index (κ1) is 24.9. The molecule has 0 amide bonds. The van der Waals surface area contributed by atoms with E-state index in [0.29, 0.717) is 45.1 Å². The maximum atomic E-state index is 6.86. The number of aromatic nitrogens is 4. The fourth-order valence-electron chi connectivity index (χ4n) is 5.87. The van der Waals surface area contributed by atoms with Crippen molar-refractivity contribution in [2.45, 2.75) is 107 Å². The van der Waals surface area contributed by atoms with Crippen molar-refractivity contribution >= 4 is 37.8 Å². The van der Waals surface area contributed by atoms with Gasteiger partial charge in [-0.3, -0.25) is 0 Å². The molecule has 0 spiro atoms. The van der Waals surface area contributed by atoms with Gasteiger partial charge in [0.05, 0.1) is 12.0 Å². The average molecular weight is 496 g/mol. The van der Waals surface area contributed by atoms with E-state index in [-0.39, 0.29) is 18.3 Å². The van der Waals surface area contributed by atoms with E-state index in [9.17, 15) is 0 Å². The predicted molar refractivity (Wildman–Crippen MR) is 132 cm³/mol. The Hall–Kier alpha value is -1.24. The van der Waals surface area contributed by atoms with Crippen molar-refractivity contribution in [3.8, 4) is 0 Å². The molecule has 4 rings (SSSR count). The van der Waals surface area contributed by atoms with Gasteiger partial charge in [-0.05, 0) is 30.5 Å². The molecule has 2 aromatic heterocycles. The topological polar surface area (TPSA) is 107 Å². The van der Waals surface area contributed by atoms with Crippen molar-refractivity contribution in [2.75, 3.05) is 12.3 Å². The highest BCUT2D eigenvalue weighted by Gasteiger charge is 2.57. The zero-order chi connectivity index (χ0) is 24.3. The first-order valence-corrected chi connectivity index (χ1v) is 14.3. The fourth-order valence-corrected chi connectivity index (χ4v) is 11.6. The van der Waals surface area contributed by atoms with E-state index in [0.717, 1.165) is 0 Å². The minimum absolute atomic E-state index is 0.287. The Balaban J connectivity index is 1.66. The third-order valence-corrected chi connectivity index (χ3v) is 13.5. The van der Waals surface area contributed by atoms with Gasteiger partial charge in [-0.2, -0.15) is 5.10 Å². The van der Waals surface area contributed by atoms with E-state index in [1.807, 2.05) is 13.8 Å². The molecule has 2 aromatic rings. The van der Waals surface area contributed by atoms with Gasteiger partial charge in [0.2, 0.25) is 0 Å². The molecule has 2 fully saturated rings. The molecule has 2 aliphatic heterocycles. The van der Waals surface area contributed by atoms with Gasteiger partial charge >= 0.3 is 0 Å². The average Bonchev–Trinajstić information content (AvgIpc) is 3.31. The number of nitrogens with two attached hydrogens (primary N) is 1. The molecule has 4 heterocycles. The molecule has 33 heavy (non-hydrogen) atoms. The number of rotatable bonds is 7.